The fraction of sp³-hybridized carbons (Fsp3) is 0.200. The van der Waals surface area contributed by atoms with Crippen LogP contribution in [0.5, 0.6) is 0 Å². The highest BCUT2D eigenvalue weighted by atomic mass is 32.1. The van der Waals surface area contributed by atoms with E-state index in [-0.39, 0.29) is 0 Å². The molecule has 1 saturated heterocycles. The molecule has 1 aromatic carbocycles. The van der Waals surface area contributed by atoms with E-state index in [0.29, 0.717) is 5.11 Å². The van der Waals surface area contributed by atoms with Gasteiger partial charge >= 0.3 is 0 Å². The monoisotopic (exact) mass is 205 g/mol. The third kappa shape index (κ3) is 2.09. The van der Waals surface area contributed by atoms with Crippen molar-refractivity contribution in [3.63, 3.8) is 0 Å². The van der Waals surface area contributed by atoms with Crippen molar-refractivity contribution in [3.8, 4) is 0 Å². The summed E-state index contributed by atoms with van der Waals surface area (Å²) in [6.45, 7) is 1.73. The van der Waals surface area contributed by atoms with Gasteiger partial charge in [0.25, 0.3) is 0 Å². The average molecular weight is 205 g/mol. The summed E-state index contributed by atoms with van der Waals surface area (Å²) < 4.78 is 0. The fourth-order valence-electron chi connectivity index (χ4n) is 1.25. The number of rotatable bonds is 2. The van der Waals surface area contributed by atoms with Crippen molar-refractivity contribution in [3.05, 3.63) is 35.9 Å². The van der Waals surface area contributed by atoms with E-state index >= 15 is 0 Å². The molecule has 1 fully saturated rings. The van der Waals surface area contributed by atoms with Crippen molar-refractivity contribution in [2.75, 3.05) is 13.1 Å². The van der Waals surface area contributed by atoms with Gasteiger partial charge in [0.1, 0.15) is 0 Å². The van der Waals surface area contributed by atoms with Crippen LogP contribution >= 0.6 is 12.2 Å². The van der Waals surface area contributed by atoms with Crippen molar-refractivity contribution >= 4 is 23.5 Å². The quantitative estimate of drug-likeness (QED) is 0.581. The zero-order chi connectivity index (χ0) is 9.80. The van der Waals surface area contributed by atoms with Gasteiger partial charge in [-0.2, -0.15) is 5.10 Å². The van der Waals surface area contributed by atoms with Gasteiger partial charge in [-0.05, 0) is 17.8 Å². The molecule has 0 aliphatic carbocycles. The van der Waals surface area contributed by atoms with Crippen LogP contribution in [0.3, 0.4) is 0 Å². The Bertz CT molecular complexity index is 348. The Labute approximate surface area is 88.4 Å². The number of nitrogens with one attached hydrogen (secondary N) is 1. The van der Waals surface area contributed by atoms with Crippen LogP contribution in [0, 0.1) is 0 Å². The first-order chi connectivity index (χ1) is 6.86. The van der Waals surface area contributed by atoms with Crippen molar-refractivity contribution in [2.45, 2.75) is 0 Å². The summed E-state index contributed by atoms with van der Waals surface area (Å²) in [7, 11) is 0. The molecule has 0 saturated carbocycles. The smallest absolute Gasteiger partial charge is 0.189 e. The Morgan fingerprint density at radius 3 is 2.79 bits per heavy atom. The number of benzene rings is 1. The van der Waals surface area contributed by atoms with Crippen LogP contribution in [0.1, 0.15) is 5.56 Å². The van der Waals surface area contributed by atoms with Crippen molar-refractivity contribution in [2.24, 2.45) is 5.10 Å². The maximum Gasteiger partial charge on any atom is 0.189 e. The van der Waals surface area contributed by atoms with E-state index in [2.05, 4.69) is 10.4 Å². The number of hydrogen-bond donors (Lipinski definition) is 1. The molecule has 0 bridgehead atoms. The first-order valence-corrected chi connectivity index (χ1v) is 4.91. The van der Waals surface area contributed by atoms with Gasteiger partial charge in [0.15, 0.2) is 5.11 Å². The van der Waals surface area contributed by atoms with Gasteiger partial charge in [-0.25, -0.2) is 5.01 Å². The van der Waals surface area contributed by atoms with E-state index in [9.17, 15) is 0 Å². The molecule has 4 heteroatoms. The van der Waals surface area contributed by atoms with Gasteiger partial charge in [0, 0.05) is 6.54 Å². The lowest BCUT2D eigenvalue weighted by Crippen LogP contribution is -2.22. The SMILES string of the molecule is S=C1NCCN1N=Cc1ccccc1. The molecule has 3 nitrogen and oxygen atoms in total. The van der Waals surface area contributed by atoms with E-state index < -0.39 is 0 Å². The van der Waals surface area contributed by atoms with Gasteiger partial charge in [-0.1, -0.05) is 30.3 Å². The molecule has 1 aliphatic heterocycles. The molecule has 1 aromatic rings. The zero-order valence-electron chi connectivity index (χ0n) is 7.68. The minimum atomic E-state index is 0.706. The molecule has 0 unspecified atom stereocenters. The fourth-order valence-corrected chi connectivity index (χ4v) is 1.49. The lowest BCUT2D eigenvalue weighted by atomic mass is 10.2. The summed E-state index contributed by atoms with van der Waals surface area (Å²) in [5.41, 5.74) is 1.09. The van der Waals surface area contributed by atoms with E-state index in [0.717, 1.165) is 18.7 Å². The van der Waals surface area contributed by atoms with Crippen LogP contribution in [-0.2, 0) is 0 Å². The normalized spacial score (nSPS) is 16.3. The second-order valence-corrected chi connectivity index (χ2v) is 3.40. The molecule has 0 spiro atoms. The number of nitrogens with zero attached hydrogens (tertiary/aromatic N) is 2. The Kier molecular flexibility index (Phi) is 2.74. The lowest BCUT2D eigenvalue weighted by Gasteiger charge is -2.07. The average Bonchev–Trinajstić information content (AvgIpc) is 2.63. The predicted octanol–water partition coefficient (Wildman–Crippen LogP) is 1.21. The van der Waals surface area contributed by atoms with Crippen LogP contribution in [0.2, 0.25) is 0 Å². The Balaban J connectivity index is 2.03. The second-order valence-electron chi connectivity index (χ2n) is 3.01. The molecular formula is C10H11N3S. The van der Waals surface area contributed by atoms with E-state index in [1.54, 1.807) is 5.01 Å². The number of thiocarbonyl (C=S) groups is 1. The van der Waals surface area contributed by atoms with Crippen LogP contribution in [0.15, 0.2) is 35.4 Å². The molecule has 1 N–H and O–H groups in total. The van der Waals surface area contributed by atoms with Crippen molar-refractivity contribution in [1.82, 2.24) is 10.3 Å². The lowest BCUT2D eigenvalue weighted by molar-refractivity contribution is 0.505. The van der Waals surface area contributed by atoms with Gasteiger partial charge in [0.2, 0.25) is 0 Å². The zero-order valence-corrected chi connectivity index (χ0v) is 8.50. The molecule has 0 aromatic heterocycles. The molecule has 1 heterocycles. The molecule has 0 atom stereocenters. The topological polar surface area (TPSA) is 27.6 Å². The molecular weight excluding hydrogens is 194 g/mol. The van der Waals surface area contributed by atoms with Crippen molar-refractivity contribution < 1.29 is 0 Å². The molecule has 0 radical (unpaired) electrons. The molecule has 72 valence electrons. The van der Waals surface area contributed by atoms with Crippen LogP contribution in [0.4, 0.5) is 0 Å². The third-order valence-electron chi connectivity index (χ3n) is 1.98. The Hall–Kier alpha value is -1.42. The number of hydrazone groups is 1. The van der Waals surface area contributed by atoms with Crippen LogP contribution in [0.25, 0.3) is 0 Å². The predicted molar refractivity (Wildman–Crippen MR) is 61.3 cm³/mol. The largest absolute Gasteiger partial charge is 0.359 e. The summed E-state index contributed by atoms with van der Waals surface area (Å²) in [4.78, 5) is 0. The third-order valence-corrected chi connectivity index (χ3v) is 2.34. The maximum absolute atomic E-state index is 5.06. The van der Waals surface area contributed by atoms with Gasteiger partial charge in [0.05, 0.1) is 12.8 Å². The molecule has 14 heavy (non-hydrogen) atoms. The summed E-state index contributed by atoms with van der Waals surface area (Å²) in [6, 6.07) is 9.98. The van der Waals surface area contributed by atoms with Gasteiger partial charge in [-0.15, -0.1) is 0 Å². The summed E-state index contributed by atoms with van der Waals surface area (Å²) in [6.07, 6.45) is 1.82. The highest BCUT2D eigenvalue weighted by molar-refractivity contribution is 7.80. The molecule has 2 rings (SSSR count). The molecule has 0 amide bonds. The number of hydrogen-bond acceptors (Lipinski definition) is 2. The van der Waals surface area contributed by atoms with Crippen molar-refractivity contribution in [1.29, 1.82) is 0 Å². The van der Waals surface area contributed by atoms with Crippen LogP contribution < -0.4 is 5.32 Å². The standard InChI is InChI=1S/C10H11N3S/c14-10-11-6-7-13(10)12-8-9-4-2-1-3-5-9/h1-5,8H,6-7H2,(H,11,14). The minimum Gasteiger partial charge on any atom is -0.359 e. The Morgan fingerprint density at radius 2 is 2.14 bits per heavy atom. The summed E-state index contributed by atoms with van der Waals surface area (Å²) >= 11 is 5.06. The first kappa shape index (κ1) is 9.15. The van der Waals surface area contributed by atoms with E-state index in [1.165, 1.54) is 0 Å². The van der Waals surface area contributed by atoms with E-state index in [4.69, 9.17) is 12.2 Å². The Morgan fingerprint density at radius 1 is 1.36 bits per heavy atom. The van der Waals surface area contributed by atoms with Crippen LogP contribution in [-0.4, -0.2) is 29.4 Å². The van der Waals surface area contributed by atoms with E-state index in [1.807, 2.05) is 36.5 Å². The highest BCUT2D eigenvalue weighted by Gasteiger charge is 2.13. The highest BCUT2D eigenvalue weighted by Crippen LogP contribution is 1.99. The second kappa shape index (κ2) is 4.19. The minimum absolute atomic E-state index is 0.706. The molecule has 1 aliphatic rings. The first-order valence-electron chi connectivity index (χ1n) is 4.51. The summed E-state index contributed by atoms with van der Waals surface area (Å²) in [5.74, 6) is 0. The maximum atomic E-state index is 5.06. The van der Waals surface area contributed by atoms with Gasteiger partial charge in [-0.3, -0.25) is 0 Å². The van der Waals surface area contributed by atoms with Gasteiger partial charge < -0.3 is 5.32 Å². The summed E-state index contributed by atoms with van der Waals surface area (Å²) in [5, 5.41) is 9.83.